The Kier molecular flexibility index (Phi) is 8.99. The third kappa shape index (κ3) is 7.06. The minimum atomic E-state index is -0.563. The van der Waals surface area contributed by atoms with E-state index >= 15 is 0 Å². The number of nitrogens with one attached hydrogen (secondary N) is 1. The molecule has 0 unspecified atom stereocenters. The molecule has 0 spiro atoms. The number of benzene rings is 2. The van der Waals surface area contributed by atoms with Crippen molar-refractivity contribution in [1.82, 2.24) is 10.2 Å². The molecule has 6 heteroatoms. The third-order valence-electron chi connectivity index (χ3n) is 4.64. The molecule has 0 radical (unpaired) electrons. The molecular weight excluding hydrogens is 407 g/mol. The second-order valence-electron chi connectivity index (χ2n) is 7.33. The lowest BCUT2D eigenvalue weighted by molar-refractivity contribution is -0.141. The predicted octanol–water partition coefficient (Wildman–Crippen LogP) is 5.26. The van der Waals surface area contributed by atoms with E-state index in [1.54, 1.807) is 23.1 Å². The van der Waals surface area contributed by atoms with Gasteiger partial charge in [-0.05, 0) is 49.9 Å². The first-order valence-electron chi connectivity index (χ1n) is 9.89. The molecule has 0 fully saturated rings. The van der Waals surface area contributed by atoms with E-state index < -0.39 is 6.04 Å². The normalized spacial score (nSPS) is 11.9. The molecule has 1 atom stereocenters. The molecule has 0 aliphatic rings. The van der Waals surface area contributed by atoms with Crippen molar-refractivity contribution in [3.8, 4) is 0 Å². The molecule has 2 aromatic rings. The summed E-state index contributed by atoms with van der Waals surface area (Å²) in [6, 6.07) is 14.5. The van der Waals surface area contributed by atoms with Crippen LogP contribution >= 0.6 is 23.2 Å². The maximum absolute atomic E-state index is 13.2. The smallest absolute Gasteiger partial charge is 0.243 e. The molecule has 2 aromatic carbocycles. The van der Waals surface area contributed by atoms with Gasteiger partial charge in [0, 0.05) is 29.1 Å². The summed E-state index contributed by atoms with van der Waals surface area (Å²) < 4.78 is 0. The molecule has 29 heavy (non-hydrogen) atoms. The molecular formula is C23H28Cl2N2O2. The Balaban J connectivity index is 2.24. The Morgan fingerprint density at radius 2 is 1.76 bits per heavy atom. The Labute approximate surface area is 183 Å². The van der Waals surface area contributed by atoms with E-state index in [-0.39, 0.29) is 24.4 Å². The summed E-state index contributed by atoms with van der Waals surface area (Å²) in [7, 11) is 0. The van der Waals surface area contributed by atoms with Crippen molar-refractivity contribution in [2.24, 2.45) is 0 Å². The van der Waals surface area contributed by atoms with Crippen LogP contribution in [0.1, 0.15) is 44.7 Å². The minimum Gasteiger partial charge on any atom is -0.352 e. The van der Waals surface area contributed by atoms with Crippen molar-refractivity contribution in [1.29, 1.82) is 0 Å². The van der Waals surface area contributed by atoms with Crippen molar-refractivity contribution >= 4 is 35.0 Å². The van der Waals surface area contributed by atoms with Crippen molar-refractivity contribution in [3.05, 3.63) is 69.7 Å². The zero-order chi connectivity index (χ0) is 21.4. The quantitative estimate of drug-likeness (QED) is 0.584. The molecule has 2 amide bonds. The number of nitrogens with zero attached hydrogens (tertiary/aromatic N) is 1. The van der Waals surface area contributed by atoms with E-state index in [0.717, 1.165) is 11.1 Å². The zero-order valence-corrected chi connectivity index (χ0v) is 18.6. The van der Waals surface area contributed by atoms with Gasteiger partial charge in [0.15, 0.2) is 0 Å². The van der Waals surface area contributed by atoms with E-state index in [1.165, 1.54) is 0 Å². The summed E-state index contributed by atoms with van der Waals surface area (Å²) in [5, 5.41) is 3.94. The first kappa shape index (κ1) is 23.2. The molecule has 0 saturated heterocycles. The van der Waals surface area contributed by atoms with Gasteiger partial charge >= 0.3 is 0 Å². The molecule has 0 heterocycles. The number of amides is 2. The van der Waals surface area contributed by atoms with Crippen LogP contribution in [0.2, 0.25) is 10.0 Å². The van der Waals surface area contributed by atoms with E-state index in [9.17, 15) is 9.59 Å². The van der Waals surface area contributed by atoms with Gasteiger partial charge in [-0.15, -0.1) is 0 Å². The first-order valence-corrected chi connectivity index (χ1v) is 10.6. The molecule has 0 aliphatic heterocycles. The Morgan fingerprint density at radius 1 is 1.07 bits per heavy atom. The topological polar surface area (TPSA) is 49.4 Å². The lowest BCUT2D eigenvalue weighted by Crippen LogP contribution is -2.50. The van der Waals surface area contributed by atoms with Gasteiger partial charge in [-0.2, -0.15) is 0 Å². The second kappa shape index (κ2) is 11.2. The van der Waals surface area contributed by atoms with Crippen LogP contribution < -0.4 is 5.32 Å². The SMILES string of the molecule is CC[C@H](C(=O)NC(C)C)N(Cc1ccc(Cl)cc1Cl)C(=O)CCc1ccccc1. The van der Waals surface area contributed by atoms with E-state index in [2.05, 4.69) is 5.32 Å². The predicted molar refractivity (Wildman–Crippen MR) is 119 cm³/mol. The van der Waals surface area contributed by atoms with E-state index in [0.29, 0.717) is 29.3 Å². The third-order valence-corrected chi connectivity index (χ3v) is 5.23. The summed E-state index contributed by atoms with van der Waals surface area (Å²) in [4.78, 5) is 27.6. The maximum Gasteiger partial charge on any atom is 0.243 e. The molecule has 0 aliphatic carbocycles. The van der Waals surface area contributed by atoms with Crippen LogP contribution in [-0.2, 0) is 22.6 Å². The Bertz CT molecular complexity index is 825. The van der Waals surface area contributed by atoms with E-state index in [1.807, 2.05) is 51.1 Å². The monoisotopic (exact) mass is 434 g/mol. The van der Waals surface area contributed by atoms with Gasteiger partial charge in [-0.3, -0.25) is 9.59 Å². The average Bonchev–Trinajstić information content (AvgIpc) is 2.68. The fourth-order valence-corrected chi connectivity index (χ4v) is 3.64. The van der Waals surface area contributed by atoms with Crippen molar-refractivity contribution in [2.45, 2.75) is 58.7 Å². The number of carbonyl (C=O) groups is 2. The highest BCUT2D eigenvalue weighted by molar-refractivity contribution is 6.35. The summed E-state index contributed by atoms with van der Waals surface area (Å²) in [5.74, 6) is -0.230. The van der Waals surface area contributed by atoms with E-state index in [4.69, 9.17) is 23.2 Å². The maximum atomic E-state index is 13.2. The zero-order valence-electron chi connectivity index (χ0n) is 17.1. The van der Waals surface area contributed by atoms with Gasteiger partial charge in [-0.1, -0.05) is 66.5 Å². The molecule has 0 bridgehead atoms. The highest BCUT2D eigenvalue weighted by Gasteiger charge is 2.29. The summed E-state index contributed by atoms with van der Waals surface area (Å²) >= 11 is 12.3. The van der Waals surface area contributed by atoms with Crippen LogP contribution in [0.3, 0.4) is 0 Å². The van der Waals surface area contributed by atoms with Gasteiger partial charge in [-0.25, -0.2) is 0 Å². The Hall–Kier alpha value is -2.04. The van der Waals surface area contributed by atoms with Gasteiger partial charge in [0.2, 0.25) is 11.8 Å². The molecule has 0 saturated carbocycles. The summed E-state index contributed by atoms with van der Waals surface area (Å²) in [6.07, 6.45) is 1.45. The van der Waals surface area contributed by atoms with Crippen LogP contribution in [0.5, 0.6) is 0 Å². The summed E-state index contributed by atoms with van der Waals surface area (Å²) in [6.45, 7) is 5.98. The number of halogens is 2. The number of aryl methyl sites for hydroxylation is 1. The first-order chi connectivity index (χ1) is 13.8. The number of hydrogen-bond acceptors (Lipinski definition) is 2. The Morgan fingerprint density at radius 3 is 2.34 bits per heavy atom. The fraction of sp³-hybridized carbons (Fsp3) is 0.391. The van der Waals surface area contributed by atoms with Gasteiger partial charge in [0.05, 0.1) is 0 Å². The van der Waals surface area contributed by atoms with Crippen molar-refractivity contribution in [2.75, 3.05) is 0 Å². The van der Waals surface area contributed by atoms with Crippen molar-refractivity contribution < 1.29 is 9.59 Å². The van der Waals surface area contributed by atoms with Crippen LogP contribution in [0.25, 0.3) is 0 Å². The number of rotatable bonds is 9. The average molecular weight is 435 g/mol. The standard InChI is InChI=1S/C23H28Cl2N2O2/c1-4-21(23(29)26-16(2)3)27(15-18-11-12-19(24)14-20(18)25)22(28)13-10-17-8-6-5-7-9-17/h5-9,11-12,14,16,21H,4,10,13,15H2,1-3H3,(H,26,29)/t21-/m1/s1. The number of carbonyl (C=O) groups excluding carboxylic acids is 2. The van der Waals surface area contributed by atoms with Gasteiger partial charge < -0.3 is 10.2 Å². The lowest BCUT2D eigenvalue weighted by atomic mass is 10.1. The van der Waals surface area contributed by atoms with Crippen LogP contribution in [-0.4, -0.2) is 28.8 Å². The largest absolute Gasteiger partial charge is 0.352 e. The van der Waals surface area contributed by atoms with Gasteiger partial charge in [0.25, 0.3) is 0 Å². The molecule has 156 valence electrons. The molecule has 1 N–H and O–H groups in total. The minimum absolute atomic E-state index is 0.00283. The van der Waals surface area contributed by atoms with Gasteiger partial charge in [0.1, 0.15) is 6.04 Å². The highest BCUT2D eigenvalue weighted by atomic mass is 35.5. The summed E-state index contributed by atoms with van der Waals surface area (Å²) in [5.41, 5.74) is 1.85. The number of hydrogen-bond donors (Lipinski definition) is 1. The fourth-order valence-electron chi connectivity index (χ4n) is 3.17. The second-order valence-corrected chi connectivity index (χ2v) is 8.17. The molecule has 0 aromatic heterocycles. The van der Waals surface area contributed by atoms with Crippen LogP contribution in [0, 0.1) is 0 Å². The van der Waals surface area contributed by atoms with Crippen LogP contribution in [0.15, 0.2) is 48.5 Å². The van der Waals surface area contributed by atoms with Crippen LogP contribution in [0.4, 0.5) is 0 Å². The highest BCUT2D eigenvalue weighted by Crippen LogP contribution is 2.24. The lowest BCUT2D eigenvalue weighted by Gasteiger charge is -2.31. The molecule has 4 nitrogen and oxygen atoms in total. The van der Waals surface area contributed by atoms with Crippen molar-refractivity contribution in [3.63, 3.8) is 0 Å². The molecule has 2 rings (SSSR count).